The molecule has 2 unspecified atom stereocenters. The van der Waals surface area contributed by atoms with Crippen LogP contribution in [-0.2, 0) is 19.1 Å². The average Bonchev–Trinajstić information content (AvgIpc) is 2.95. The second-order valence-corrected chi connectivity index (χ2v) is 10.5. The normalized spacial score (nSPS) is 28.5. The number of carboxylic acid groups (broad SMARTS) is 1. The van der Waals surface area contributed by atoms with Crippen LogP contribution in [0.25, 0.3) is 0 Å². The van der Waals surface area contributed by atoms with E-state index in [0.717, 1.165) is 19.4 Å². The maximum Gasteiger partial charge on any atom is 0.508 e. The Kier molecular flexibility index (Phi) is 6.61. The number of nitrogens with zero attached hydrogens (tertiary/aromatic N) is 1. The molecule has 3 aliphatic rings. The number of amides is 1. The quantitative estimate of drug-likeness (QED) is 0.357. The van der Waals surface area contributed by atoms with Crippen molar-refractivity contribution in [2.24, 2.45) is 11.8 Å². The van der Waals surface area contributed by atoms with E-state index < -0.39 is 45.8 Å². The molecule has 0 radical (unpaired) electrons. The molecule has 3 heterocycles. The van der Waals surface area contributed by atoms with Gasteiger partial charge in [0.1, 0.15) is 29.7 Å². The zero-order valence-corrected chi connectivity index (χ0v) is 17.9. The van der Waals surface area contributed by atoms with Gasteiger partial charge in [0.05, 0.1) is 0 Å². The fourth-order valence-electron chi connectivity index (χ4n) is 3.56. The molecule has 0 saturated carbocycles. The van der Waals surface area contributed by atoms with Gasteiger partial charge in [0, 0.05) is 17.4 Å². The van der Waals surface area contributed by atoms with E-state index in [1.807, 2.05) is 0 Å². The highest BCUT2D eigenvalue weighted by molar-refractivity contribution is 8.04. The van der Waals surface area contributed by atoms with E-state index in [0.29, 0.717) is 11.4 Å². The highest BCUT2D eigenvalue weighted by atomic mass is 35.6. The molecule has 2 fully saturated rings. The topological polar surface area (TPSA) is 105 Å². The van der Waals surface area contributed by atoms with Crippen molar-refractivity contribution >= 4 is 64.6 Å². The first-order chi connectivity index (χ1) is 13.1. The van der Waals surface area contributed by atoms with Crippen molar-refractivity contribution in [2.75, 3.05) is 19.7 Å². The van der Waals surface area contributed by atoms with Crippen LogP contribution in [0.1, 0.15) is 19.8 Å². The Morgan fingerprint density at radius 3 is 2.71 bits per heavy atom. The predicted molar refractivity (Wildman–Crippen MR) is 104 cm³/mol. The number of carbonyl (C=O) groups excluding carboxylic acids is 2. The fraction of sp³-hybridized carbons (Fsp3) is 0.688. The number of alkyl halides is 3. The molecule has 0 bridgehead atoms. The molecule has 2 saturated heterocycles. The van der Waals surface area contributed by atoms with E-state index in [1.165, 1.54) is 16.7 Å². The number of aliphatic carboxylic acids is 1. The summed E-state index contributed by atoms with van der Waals surface area (Å²) in [6.45, 7) is 2.63. The lowest BCUT2D eigenvalue weighted by atomic mass is 9.91. The molecule has 3 rings (SSSR count). The highest BCUT2D eigenvalue weighted by Crippen LogP contribution is 2.53. The lowest BCUT2D eigenvalue weighted by Crippen LogP contribution is -2.61. The van der Waals surface area contributed by atoms with Gasteiger partial charge in [-0.3, -0.25) is 9.69 Å². The van der Waals surface area contributed by atoms with Crippen LogP contribution in [0.2, 0.25) is 0 Å². The minimum atomic E-state index is -1.77. The smallest absolute Gasteiger partial charge is 0.477 e. The third kappa shape index (κ3) is 4.48. The van der Waals surface area contributed by atoms with Gasteiger partial charge in [0.2, 0.25) is 9.70 Å². The number of thioether (sulfide) groups is 1. The second-order valence-electron chi connectivity index (χ2n) is 6.78. The largest absolute Gasteiger partial charge is 0.508 e. The maximum atomic E-state index is 12.6. The van der Waals surface area contributed by atoms with Crippen molar-refractivity contribution in [2.45, 2.75) is 35.0 Å². The van der Waals surface area contributed by atoms with Crippen LogP contribution in [0, 0.1) is 11.8 Å². The molecule has 8 nitrogen and oxygen atoms in total. The minimum absolute atomic E-state index is 0.0379. The molecule has 12 heteroatoms. The number of hydrogen-bond donors (Lipinski definition) is 2. The second kappa shape index (κ2) is 8.47. The first kappa shape index (κ1) is 21.8. The summed E-state index contributed by atoms with van der Waals surface area (Å²) in [4.78, 5) is 38.2. The van der Waals surface area contributed by atoms with Crippen molar-refractivity contribution in [1.29, 1.82) is 0 Å². The molecular weight excluding hydrogens is 455 g/mol. The van der Waals surface area contributed by atoms with Gasteiger partial charge in [-0.25, -0.2) is 9.59 Å². The molecule has 28 heavy (non-hydrogen) atoms. The summed E-state index contributed by atoms with van der Waals surface area (Å²) in [5, 5.41) is 12.5. The van der Waals surface area contributed by atoms with E-state index in [1.54, 1.807) is 6.92 Å². The van der Waals surface area contributed by atoms with Gasteiger partial charge in [-0.05, 0) is 26.3 Å². The molecule has 0 aromatic rings. The Balaban J connectivity index is 1.66. The lowest BCUT2D eigenvalue weighted by molar-refractivity contribution is -0.157. The van der Waals surface area contributed by atoms with Gasteiger partial charge >= 0.3 is 12.1 Å². The number of carbonyl (C=O) groups is 3. The number of halogens is 3. The van der Waals surface area contributed by atoms with Crippen LogP contribution in [-0.4, -0.2) is 63.0 Å². The molecule has 4 atom stereocenters. The molecular formula is C16H19Cl3N2O6S. The third-order valence-corrected chi connectivity index (χ3v) is 6.67. The first-order valence-corrected chi connectivity index (χ1v) is 10.7. The molecule has 0 aromatic carbocycles. The van der Waals surface area contributed by atoms with Gasteiger partial charge in [0.25, 0.3) is 0 Å². The zero-order valence-electron chi connectivity index (χ0n) is 14.8. The molecule has 0 spiro atoms. The van der Waals surface area contributed by atoms with Crippen LogP contribution in [0.4, 0.5) is 4.79 Å². The molecule has 2 N–H and O–H groups in total. The van der Waals surface area contributed by atoms with Crippen LogP contribution >= 0.6 is 46.6 Å². The SMILES string of the molecule is CC(OC(=O)OCC(Cl)(Cl)Cl)[C@H]1C(=O)N2C(C(=O)O)=C(C3CCCNC3)S[C@H]12. The number of hydrogen-bond acceptors (Lipinski definition) is 7. The van der Waals surface area contributed by atoms with E-state index in [2.05, 4.69) is 5.32 Å². The van der Waals surface area contributed by atoms with Gasteiger partial charge < -0.3 is 19.9 Å². The minimum Gasteiger partial charge on any atom is -0.477 e. The van der Waals surface area contributed by atoms with Crippen LogP contribution < -0.4 is 5.32 Å². The first-order valence-electron chi connectivity index (χ1n) is 8.68. The Labute approximate surface area is 180 Å². The standard InChI is InChI=1S/C16H19Cl3N2O6S/c1-7(27-15(25)26-6-16(17,18)19)9-12(22)21-10(14(23)24)11(28-13(9)21)8-3-2-4-20-5-8/h7-9,13,20H,2-6H2,1H3,(H,23,24)/t7?,8?,9-,13+/m0/s1. The number of rotatable bonds is 5. The molecule has 156 valence electrons. The Morgan fingerprint density at radius 2 is 2.14 bits per heavy atom. The molecule has 3 aliphatic heterocycles. The van der Waals surface area contributed by atoms with Gasteiger partial charge in [-0.1, -0.05) is 34.8 Å². The van der Waals surface area contributed by atoms with Crippen molar-refractivity contribution in [3.63, 3.8) is 0 Å². The lowest BCUT2D eigenvalue weighted by Gasteiger charge is -2.44. The summed E-state index contributed by atoms with van der Waals surface area (Å²) < 4.78 is 8.08. The molecule has 1 amide bonds. The molecule has 0 aliphatic carbocycles. The van der Waals surface area contributed by atoms with Crippen molar-refractivity contribution in [3.8, 4) is 0 Å². The third-order valence-electron chi connectivity index (χ3n) is 4.82. The fourth-order valence-corrected chi connectivity index (χ4v) is 5.47. The maximum absolute atomic E-state index is 12.6. The summed E-state index contributed by atoms with van der Waals surface area (Å²) in [6.07, 6.45) is -0.0710. The van der Waals surface area contributed by atoms with Crippen molar-refractivity contribution in [1.82, 2.24) is 10.2 Å². The number of ether oxygens (including phenoxy) is 2. The van der Waals surface area contributed by atoms with Gasteiger partial charge in [-0.2, -0.15) is 0 Å². The van der Waals surface area contributed by atoms with E-state index >= 15 is 0 Å². The summed E-state index contributed by atoms with van der Waals surface area (Å²) >= 11 is 17.9. The van der Waals surface area contributed by atoms with Gasteiger partial charge in [0.15, 0.2) is 0 Å². The van der Waals surface area contributed by atoms with E-state index in [9.17, 15) is 19.5 Å². The Morgan fingerprint density at radius 1 is 1.43 bits per heavy atom. The summed E-state index contributed by atoms with van der Waals surface area (Å²) in [5.74, 6) is -2.14. The Hall–Kier alpha value is -0.870. The summed E-state index contributed by atoms with van der Waals surface area (Å²) in [6, 6.07) is 0. The zero-order chi connectivity index (χ0) is 20.6. The van der Waals surface area contributed by atoms with Crippen LogP contribution in [0.5, 0.6) is 0 Å². The predicted octanol–water partition coefficient (Wildman–Crippen LogP) is 2.73. The molecule has 0 aromatic heterocycles. The number of β-lactam (4-membered cyclic amide) rings is 1. The highest BCUT2D eigenvalue weighted by Gasteiger charge is 2.59. The van der Waals surface area contributed by atoms with E-state index in [4.69, 9.17) is 44.3 Å². The number of carboxylic acids is 1. The van der Waals surface area contributed by atoms with Crippen molar-refractivity contribution < 1.29 is 29.0 Å². The van der Waals surface area contributed by atoms with Crippen LogP contribution in [0.15, 0.2) is 10.6 Å². The van der Waals surface area contributed by atoms with Crippen LogP contribution in [0.3, 0.4) is 0 Å². The van der Waals surface area contributed by atoms with E-state index in [-0.39, 0.29) is 11.6 Å². The number of piperidine rings is 1. The average molecular weight is 474 g/mol. The van der Waals surface area contributed by atoms with Gasteiger partial charge in [-0.15, -0.1) is 11.8 Å². The number of nitrogens with one attached hydrogen (secondary N) is 1. The monoisotopic (exact) mass is 472 g/mol. The summed E-state index contributed by atoms with van der Waals surface area (Å²) in [7, 11) is 0. The number of fused-ring (bicyclic) bond motifs is 1. The van der Waals surface area contributed by atoms with Crippen molar-refractivity contribution in [3.05, 3.63) is 10.6 Å². The summed E-state index contributed by atoms with van der Waals surface area (Å²) in [5.41, 5.74) is 0.0379. The Bertz CT molecular complexity index is 707.